The second-order valence-electron chi connectivity index (χ2n) is 11.9. The molecule has 0 bridgehead atoms. The number of aryl methyl sites for hydroxylation is 1. The van der Waals surface area contributed by atoms with Gasteiger partial charge in [-0.3, -0.25) is 4.79 Å². The van der Waals surface area contributed by atoms with Gasteiger partial charge in [-0.25, -0.2) is 4.79 Å². The second-order valence-corrected chi connectivity index (χ2v) is 12.3. The number of halogens is 1. The number of carbonyl (C=O) groups excluding carboxylic acids is 1. The van der Waals surface area contributed by atoms with E-state index in [2.05, 4.69) is 54.1 Å². The number of unbranched alkanes of at least 4 members (excludes halogenated alkanes) is 1. The van der Waals surface area contributed by atoms with Gasteiger partial charge in [-0.2, -0.15) is 0 Å². The van der Waals surface area contributed by atoms with E-state index in [1.165, 1.54) is 49.4 Å². The summed E-state index contributed by atoms with van der Waals surface area (Å²) in [4.78, 5) is 24.8. The highest BCUT2D eigenvalue weighted by molar-refractivity contribution is 6.32. The van der Waals surface area contributed by atoms with E-state index in [9.17, 15) is 14.7 Å². The Morgan fingerprint density at radius 2 is 1.77 bits per heavy atom. The second kappa shape index (κ2) is 13.3. The molecular weight excluding hydrogens is 560 g/mol. The Labute approximate surface area is 259 Å². The molecule has 5 rings (SSSR count). The quantitative estimate of drug-likeness (QED) is 0.162. The summed E-state index contributed by atoms with van der Waals surface area (Å²) in [6.07, 6.45) is 5.51. The number of hydrogen-bond acceptors (Lipinski definition) is 3. The molecule has 1 saturated carbocycles. The maximum absolute atomic E-state index is 13.4. The molecule has 1 amide bonds. The van der Waals surface area contributed by atoms with Gasteiger partial charge < -0.3 is 19.7 Å². The number of aliphatic carboxylic acids is 1. The smallest absolute Gasteiger partial charge is 0.344 e. The van der Waals surface area contributed by atoms with Crippen molar-refractivity contribution in [1.82, 2.24) is 9.88 Å². The fraction of sp³-hybridized carbons (Fsp3) is 0.389. The Morgan fingerprint density at radius 3 is 2.44 bits per heavy atom. The zero-order chi connectivity index (χ0) is 30.7. The van der Waals surface area contributed by atoms with E-state index in [0.717, 1.165) is 35.0 Å². The molecule has 7 heteroatoms. The van der Waals surface area contributed by atoms with Gasteiger partial charge in [0.05, 0.1) is 11.1 Å². The Hall–Kier alpha value is -3.77. The zero-order valence-electron chi connectivity index (χ0n) is 25.5. The van der Waals surface area contributed by atoms with Gasteiger partial charge in [-0.1, -0.05) is 61.3 Å². The first-order valence-corrected chi connectivity index (χ1v) is 15.7. The normalized spacial score (nSPS) is 14.4. The molecule has 1 heterocycles. The number of rotatable bonds is 13. The monoisotopic (exact) mass is 600 g/mol. The van der Waals surface area contributed by atoms with Gasteiger partial charge in [0, 0.05) is 28.7 Å². The zero-order valence-corrected chi connectivity index (χ0v) is 26.2. The van der Waals surface area contributed by atoms with Gasteiger partial charge in [0.25, 0.3) is 5.91 Å². The molecule has 0 unspecified atom stereocenters. The summed E-state index contributed by atoms with van der Waals surface area (Å²) in [6.45, 7) is 8.78. The molecule has 43 heavy (non-hydrogen) atoms. The van der Waals surface area contributed by atoms with Crippen LogP contribution in [0.3, 0.4) is 0 Å². The van der Waals surface area contributed by atoms with Crippen molar-refractivity contribution in [3.63, 3.8) is 0 Å². The van der Waals surface area contributed by atoms with Crippen LogP contribution >= 0.6 is 11.6 Å². The number of hydrogen-bond donors (Lipinski definition) is 2. The fourth-order valence-electron chi connectivity index (χ4n) is 5.62. The third-order valence-electron chi connectivity index (χ3n) is 8.53. The Kier molecular flexibility index (Phi) is 9.46. The first kappa shape index (κ1) is 30.7. The first-order valence-electron chi connectivity index (χ1n) is 15.3. The van der Waals surface area contributed by atoms with E-state index >= 15 is 0 Å². The van der Waals surface area contributed by atoms with Crippen LogP contribution in [-0.4, -0.2) is 27.7 Å². The van der Waals surface area contributed by atoms with E-state index in [0.29, 0.717) is 28.7 Å². The molecule has 1 aliphatic carbocycles. The molecule has 2 N–H and O–H groups in total. The molecule has 6 nitrogen and oxygen atoms in total. The van der Waals surface area contributed by atoms with Crippen LogP contribution in [0.5, 0.6) is 5.75 Å². The van der Waals surface area contributed by atoms with Crippen molar-refractivity contribution < 1.29 is 19.4 Å². The molecule has 1 aromatic heterocycles. The fourth-order valence-corrected chi connectivity index (χ4v) is 5.78. The van der Waals surface area contributed by atoms with Gasteiger partial charge in [0.1, 0.15) is 5.75 Å². The van der Waals surface area contributed by atoms with Crippen molar-refractivity contribution in [2.75, 3.05) is 0 Å². The summed E-state index contributed by atoms with van der Waals surface area (Å²) in [6, 6.07) is 20.0. The lowest BCUT2D eigenvalue weighted by molar-refractivity contribution is -0.144. The molecule has 1 aliphatic rings. The van der Waals surface area contributed by atoms with E-state index in [1.807, 2.05) is 31.2 Å². The number of amides is 1. The van der Waals surface area contributed by atoms with Crippen LogP contribution in [0.2, 0.25) is 5.02 Å². The lowest BCUT2D eigenvalue weighted by Gasteiger charge is -2.15. The summed E-state index contributed by atoms with van der Waals surface area (Å²) in [5, 5.41) is 14.0. The number of carboxylic acids is 1. The number of carbonyl (C=O) groups is 2. The highest BCUT2D eigenvalue weighted by atomic mass is 35.5. The predicted molar refractivity (Wildman–Crippen MR) is 172 cm³/mol. The average molecular weight is 601 g/mol. The SMILES string of the molecule is CCCCc1ccc([C@H](C)NC(=O)c2ccc3c(Cc4ccc(Cl)c(O[C@@H](C)C(=O)O)c4)c(C)n(CC4CC4)c3c2)cc1. The van der Waals surface area contributed by atoms with E-state index in [4.69, 9.17) is 16.3 Å². The summed E-state index contributed by atoms with van der Waals surface area (Å²) in [5.41, 5.74) is 7.45. The van der Waals surface area contributed by atoms with Gasteiger partial charge in [0.2, 0.25) is 0 Å². The number of nitrogens with zero attached hydrogens (tertiary/aromatic N) is 1. The van der Waals surface area contributed by atoms with E-state index in [1.54, 1.807) is 6.07 Å². The van der Waals surface area contributed by atoms with Crippen molar-refractivity contribution in [2.24, 2.45) is 5.92 Å². The van der Waals surface area contributed by atoms with E-state index in [-0.39, 0.29) is 11.9 Å². The summed E-state index contributed by atoms with van der Waals surface area (Å²) < 4.78 is 7.97. The van der Waals surface area contributed by atoms with Gasteiger partial charge in [-0.15, -0.1) is 0 Å². The number of nitrogens with one attached hydrogen (secondary N) is 1. The lowest BCUT2D eigenvalue weighted by Crippen LogP contribution is -2.26. The van der Waals surface area contributed by atoms with Crippen molar-refractivity contribution >= 4 is 34.4 Å². The number of aromatic nitrogens is 1. The van der Waals surface area contributed by atoms with E-state index < -0.39 is 12.1 Å². The highest BCUT2D eigenvalue weighted by Gasteiger charge is 2.25. The topological polar surface area (TPSA) is 80.6 Å². The van der Waals surface area contributed by atoms with Crippen molar-refractivity contribution in [2.45, 2.75) is 84.9 Å². The van der Waals surface area contributed by atoms with Gasteiger partial charge in [-0.05, 0) is 105 Å². The minimum Gasteiger partial charge on any atom is -0.479 e. The molecule has 0 aliphatic heterocycles. The molecule has 3 aromatic carbocycles. The van der Waals surface area contributed by atoms with Crippen molar-refractivity contribution in [3.8, 4) is 5.75 Å². The van der Waals surface area contributed by atoms with Crippen LogP contribution in [0.15, 0.2) is 60.7 Å². The molecule has 0 spiro atoms. The van der Waals surface area contributed by atoms with Gasteiger partial charge >= 0.3 is 5.97 Å². The largest absolute Gasteiger partial charge is 0.479 e. The predicted octanol–water partition coefficient (Wildman–Crippen LogP) is 8.29. The maximum Gasteiger partial charge on any atom is 0.344 e. The van der Waals surface area contributed by atoms with Crippen LogP contribution in [0.25, 0.3) is 10.9 Å². The third kappa shape index (κ3) is 7.24. The first-order chi connectivity index (χ1) is 20.6. The summed E-state index contributed by atoms with van der Waals surface area (Å²) >= 11 is 6.33. The molecule has 226 valence electrons. The average Bonchev–Trinajstić information content (AvgIpc) is 3.79. The molecule has 1 fully saturated rings. The van der Waals surface area contributed by atoms with Crippen LogP contribution in [0.1, 0.15) is 90.8 Å². The Balaban J connectivity index is 1.40. The Morgan fingerprint density at radius 1 is 1.05 bits per heavy atom. The van der Waals surface area contributed by atoms with Crippen LogP contribution in [-0.2, 0) is 24.2 Å². The number of benzene rings is 3. The van der Waals surface area contributed by atoms with Crippen molar-refractivity contribution in [1.29, 1.82) is 0 Å². The number of carboxylic acid groups (broad SMARTS) is 1. The molecule has 0 radical (unpaired) electrons. The molecule has 0 saturated heterocycles. The summed E-state index contributed by atoms with van der Waals surface area (Å²) in [7, 11) is 0. The molecule has 4 aromatic rings. The highest BCUT2D eigenvalue weighted by Crippen LogP contribution is 2.36. The minimum atomic E-state index is -1.05. The summed E-state index contributed by atoms with van der Waals surface area (Å²) in [5.74, 6) is -0.116. The van der Waals surface area contributed by atoms with Crippen LogP contribution in [0, 0.1) is 12.8 Å². The molecular formula is C36H41ClN2O4. The maximum atomic E-state index is 13.4. The molecule has 2 atom stereocenters. The lowest BCUT2D eigenvalue weighted by atomic mass is 10.0. The van der Waals surface area contributed by atoms with Crippen molar-refractivity contribution in [3.05, 3.63) is 99.2 Å². The van der Waals surface area contributed by atoms with Crippen LogP contribution in [0.4, 0.5) is 0 Å². The Bertz CT molecular complexity index is 1620. The third-order valence-corrected chi connectivity index (χ3v) is 8.84. The van der Waals surface area contributed by atoms with Crippen LogP contribution < -0.4 is 10.1 Å². The number of fused-ring (bicyclic) bond motifs is 1. The van der Waals surface area contributed by atoms with Gasteiger partial charge in [0.15, 0.2) is 6.10 Å². The number of ether oxygens (including phenoxy) is 1. The standard InChI is InChI=1S/C36H41ClN2O4/c1-5-6-7-25-10-13-28(14-11-25)22(2)38-35(40)29-15-16-30-31(23(3)39(33(30)20-29)21-26-8-9-26)18-27-12-17-32(37)34(19-27)43-24(4)36(41)42/h10-17,19-20,22,24,26H,5-9,18,21H2,1-4H3,(H,38,40)(H,41,42)/t22-,24-/m0/s1. The minimum absolute atomic E-state index is 0.0881.